The van der Waals surface area contributed by atoms with Gasteiger partial charge in [-0.2, -0.15) is 0 Å². The van der Waals surface area contributed by atoms with Crippen LogP contribution >= 0.6 is 0 Å². The first-order chi connectivity index (χ1) is 7.68. The van der Waals surface area contributed by atoms with Gasteiger partial charge in [-0.15, -0.1) is 0 Å². The second-order valence-corrected chi connectivity index (χ2v) is 4.51. The first-order valence-electron chi connectivity index (χ1n) is 5.92. The maximum absolute atomic E-state index is 6.01. The molecule has 0 aliphatic carbocycles. The summed E-state index contributed by atoms with van der Waals surface area (Å²) in [6, 6.07) is 6.16. The van der Waals surface area contributed by atoms with Crippen LogP contribution in [0.4, 0.5) is 11.4 Å². The number of para-hydroxylation sites is 1. The number of rotatable bonds is 4. The van der Waals surface area contributed by atoms with Crippen molar-refractivity contribution in [1.82, 2.24) is 0 Å². The van der Waals surface area contributed by atoms with Crippen molar-refractivity contribution in [3.05, 3.63) is 23.8 Å². The summed E-state index contributed by atoms with van der Waals surface area (Å²) in [6.45, 7) is 6.88. The lowest BCUT2D eigenvalue weighted by molar-refractivity contribution is 0.0843. The van der Waals surface area contributed by atoms with E-state index in [-0.39, 0.29) is 0 Å². The molecule has 2 rings (SSSR count). The number of anilines is 2. The van der Waals surface area contributed by atoms with Gasteiger partial charge in [0.25, 0.3) is 0 Å². The Balaban J connectivity index is 2.00. The minimum absolute atomic E-state index is 0.301. The highest BCUT2D eigenvalue weighted by Gasteiger charge is 2.20. The van der Waals surface area contributed by atoms with Gasteiger partial charge in [0, 0.05) is 13.1 Å². The summed E-state index contributed by atoms with van der Waals surface area (Å²) in [5.41, 5.74) is 9.48. The molecule has 1 aliphatic heterocycles. The van der Waals surface area contributed by atoms with Gasteiger partial charge in [0.15, 0.2) is 0 Å². The van der Waals surface area contributed by atoms with Crippen molar-refractivity contribution in [1.29, 1.82) is 0 Å². The highest BCUT2D eigenvalue weighted by molar-refractivity contribution is 5.74. The third kappa shape index (κ3) is 2.30. The van der Waals surface area contributed by atoms with E-state index >= 15 is 0 Å². The van der Waals surface area contributed by atoms with Gasteiger partial charge in [0.05, 0.1) is 24.1 Å². The van der Waals surface area contributed by atoms with E-state index in [2.05, 4.69) is 24.8 Å². The third-order valence-electron chi connectivity index (χ3n) is 2.93. The Kier molecular flexibility index (Phi) is 3.34. The Morgan fingerprint density at radius 1 is 1.44 bits per heavy atom. The van der Waals surface area contributed by atoms with Gasteiger partial charge < -0.3 is 15.4 Å². The van der Waals surface area contributed by atoms with Crippen LogP contribution in [0.15, 0.2) is 18.2 Å². The van der Waals surface area contributed by atoms with E-state index < -0.39 is 0 Å². The molecule has 0 aromatic heterocycles. The molecule has 1 aromatic rings. The smallest absolute Gasteiger partial charge is 0.0645 e. The average Bonchev–Trinajstić information content (AvgIpc) is 2.62. The highest BCUT2D eigenvalue weighted by Crippen LogP contribution is 2.33. The minimum Gasteiger partial charge on any atom is -0.397 e. The van der Waals surface area contributed by atoms with Crippen molar-refractivity contribution in [3.63, 3.8) is 0 Å². The highest BCUT2D eigenvalue weighted by atomic mass is 16.5. The molecule has 0 spiro atoms. The molecule has 0 fully saturated rings. The first kappa shape index (κ1) is 11.3. The molecule has 1 heterocycles. The normalized spacial score (nSPS) is 14.6. The maximum atomic E-state index is 6.01. The summed E-state index contributed by atoms with van der Waals surface area (Å²) in [7, 11) is 0. The van der Waals surface area contributed by atoms with E-state index in [0.29, 0.717) is 6.10 Å². The maximum Gasteiger partial charge on any atom is 0.0645 e. The van der Waals surface area contributed by atoms with E-state index in [1.54, 1.807) is 0 Å². The zero-order valence-corrected chi connectivity index (χ0v) is 10.1. The number of fused-ring (bicyclic) bond motifs is 1. The third-order valence-corrected chi connectivity index (χ3v) is 2.93. The predicted octanol–water partition coefficient (Wildman–Crippen LogP) is 2.06. The number of hydrogen-bond donors (Lipinski definition) is 1. The van der Waals surface area contributed by atoms with Crippen LogP contribution in [0.1, 0.15) is 19.4 Å². The number of benzene rings is 1. The van der Waals surface area contributed by atoms with Crippen molar-refractivity contribution in [3.8, 4) is 0 Å². The second kappa shape index (κ2) is 4.74. The van der Waals surface area contributed by atoms with Crippen LogP contribution < -0.4 is 10.6 Å². The largest absolute Gasteiger partial charge is 0.397 e. The van der Waals surface area contributed by atoms with Gasteiger partial charge in [-0.3, -0.25) is 0 Å². The van der Waals surface area contributed by atoms with Crippen molar-refractivity contribution in [2.75, 3.05) is 30.3 Å². The quantitative estimate of drug-likeness (QED) is 0.789. The molecule has 0 bridgehead atoms. The van der Waals surface area contributed by atoms with E-state index in [0.717, 1.165) is 31.8 Å². The molecule has 0 saturated carbocycles. The molecule has 0 radical (unpaired) electrons. The monoisotopic (exact) mass is 220 g/mol. The fourth-order valence-corrected chi connectivity index (χ4v) is 2.19. The number of hydrogen-bond acceptors (Lipinski definition) is 3. The van der Waals surface area contributed by atoms with E-state index in [9.17, 15) is 0 Å². The van der Waals surface area contributed by atoms with E-state index in [1.165, 1.54) is 11.3 Å². The van der Waals surface area contributed by atoms with Gasteiger partial charge in [-0.05, 0) is 31.9 Å². The molecule has 2 N–H and O–H groups in total. The molecular formula is C13H20N2O. The van der Waals surface area contributed by atoms with Gasteiger partial charge in [-0.25, -0.2) is 0 Å². The number of ether oxygens (including phenoxy) is 1. The number of nitrogens with two attached hydrogens (primary N) is 1. The van der Waals surface area contributed by atoms with Crippen LogP contribution in [-0.4, -0.2) is 25.8 Å². The molecular weight excluding hydrogens is 200 g/mol. The lowest BCUT2D eigenvalue weighted by Crippen LogP contribution is -2.26. The van der Waals surface area contributed by atoms with Crippen molar-refractivity contribution in [2.24, 2.45) is 0 Å². The van der Waals surface area contributed by atoms with Crippen LogP contribution in [0.25, 0.3) is 0 Å². The Hall–Kier alpha value is -1.22. The SMILES string of the molecule is CC(C)OCCN1CCc2cccc(N)c21. The Labute approximate surface area is 97.2 Å². The van der Waals surface area contributed by atoms with Gasteiger partial charge in [0.2, 0.25) is 0 Å². The lowest BCUT2D eigenvalue weighted by Gasteiger charge is -2.21. The van der Waals surface area contributed by atoms with Gasteiger partial charge >= 0.3 is 0 Å². The van der Waals surface area contributed by atoms with Crippen LogP contribution in [-0.2, 0) is 11.2 Å². The van der Waals surface area contributed by atoms with Crippen LogP contribution in [0.5, 0.6) is 0 Å². The average molecular weight is 220 g/mol. The zero-order valence-electron chi connectivity index (χ0n) is 10.1. The predicted molar refractivity (Wildman–Crippen MR) is 67.9 cm³/mol. The van der Waals surface area contributed by atoms with Crippen LogP contribution in [0, 0.1) is 0 Å². The summed E-state index contributed by atoms with van der Waals surface area (Å²) in [6.07, 6.45) is 1.40. The fraction of sp³-hybridized carbons (Fsp3) is 0.538. The summed E-state index contributed by atoms with van der Waals surface area (Å²) in [4.78, 5) is 2.33. The molecule has 3 nitrogen and oxygen atoms in total. The van der Waals surface area contributed by atoms with Crippen molar-refractivity contribution in [2.45, 2.75) is 26.4 Å². The standard InChI is InChI=1S/C13H20N2O/c1-10(2)16-9-8-15-7-6-11-4-3-5-12(14)13(11)15/h3-5,10H,6-9,14H2,1-2H3. The first-order valence-corrected chi connectivity index (χ1v) is 5.92. The summed E-state index contributed by atoms with van der Waals surface area (Å²) >= 11 is 0. The number of nitrogen functional groups attached to an aromatic ring is 1. The van der Waals surface area contributed by atoms with Crippen molar-refractivity contribution >= 4 is 11.4 Å². The van der Waals surface area contributed by atoms with Crippen LogP contribution in [0.2, 0.25) is 0 Å². The fourth-order valence-electron chi connectivity index (χ4n) is 2.19. The molecule has 16 heavy (non-hydrogen) atoms. The second-order valence-electron chi connectivity index (χ2n) is 4.51. The molecule has 1 aromatic carbocycles. The minimum atomic E-state index is 0.301. The zero-order chi connectivity index (χ0) is 11.5. The summed E-state index contributed by atoms with van der Waals surface area (Å²) in [5, 5.41) is 0. The molecule has 0 saturated heterocycles. The molecule has 0 unspecified atom stereocenters. The molecule has 3 heteroatoms. The molecule has 0 atom stereocenters. The van der Waals surface area contributed by atoms with Crippen LogP contribution in [0.3, 0.4) is 0 Å². The van der Waals surface area contributed by atoms with E-state index in [4.69, 9.17) is 10.5 Å². The summed E-state index contributed by atoms with van der Waals surface area (Å²) < 4.78 is 5.58. The molecule has 0 amide bonds. The van der Waals surface area contributed by atoms with Gasteiger partial charge in [0.1, 0.15) is 0 Å². The Morgan fingerprint density at radius 2 is 2.25 bits per heavy atom. The van der Waals surface area contributed by atoms with E-state index in [1.807, 2.05) is 12.1 Å². The van der Waals surface area contributed by atoms with Crippen molar-refractivity contribution < 1.29 is 4.74 Å². The lowest BCUT2D eigenvalue weighted by atomic mass is 10.1. The number of nitrogens with zero attached hydrogens (tertiary/aromatic N) is 1. The van der Waals surface area contributed by atoms with Gasteiger partial charge in [-0.1, -0.05) is 12.1 Å². The Morgan fingerprint density at radius 3 is 3.00 bits per heavy atom. The molecule has 88 valence electrons. The topological polar surface area (TPSA) is 38.5 Å². The summed E-state index contributed by atoms with van der Waals surface area (Å²) in [5.74, 6) is 0. The Bertz CT molecular complexity index is 363. The molecule has 1 aliphatic rings.